The molecule has 0 amide bonds. The molecule has 25 heavy (non-hydrogen) atoms. The molecule has 0 spiro atoms. The molecule has 134 valence electrons. The molecule has 2 aromatic rings. The van der Waals surface area contributed by atoms with Crippen LogP contribution in [0.2, 0.25) is 0 Å². The molecule has 1 aliphatic heterocycles. The van der Waals surface area contributed by atoms with E-state index in [1.165, 1.54) is 19.0 Å². The summed E-state index contributed by atoms with van der Waals surface area (Å²) in [4.78, 5) is 4.23. The monoisotopic (exact) mass is 361 g/mol. The third-order valence-corrected chi connectivity index (χ3v) is 7.05. The number of sulfonamides is 1. The third-order valence-electron chi connectivity index (χ3n) is 5.11. The van der Waals surface area contributed by atoms with Gasteiger partial charge in [-0.3, -0.25) is 4.98 Å². The zero-order valence-electron chi connectivity index (χ0n) is 14.2. The highest BCUT2D eigenvalue weighted by Gasteiger charge is 2.35. The minimum Gasteiger partial charge on any atom is -0.317 e. The van der Waals surface area contributed by atoms with Crippen LogP contribution in [0.3, 0.4) is 0 Å². The van der Waals surface area contributed by atoms with Crippen molar-refractivity contribution < 1.29 is 8.42 Å². The summed E-state index contributed by atoms with van der Waals surface area (Å²) in [5.41, 5.74) is 0. The van der Waals surface area contributed by atoms with Crippen LogP contribution in [0.25, 0.3) is 0 Å². The molecular weight excluding hydrogens is 338 g/mol. The van der Waals surface area contributed by atoms with Gasteiger partial charge in [-0.05, 0) is 50.2 Å². The topological polar surface area (TPSA) is 81.0 Å². The van der Waals surface area contributed by atoms with Gasteiger partial charge in [0, 0.05) is 37.9 Å². The smallest absolute Gasteiger partial charge is 0.244 e. The summed E-state index contributed by atoms with van der Waals surface area (Å²) in [6.45, 7) is 1.57. The fourth-order valence-corrected chi connectivity index (χ4v) is 5.24. The van der Waals surface area contributed by atoms with E-state index in [4.69, 9.17) is 0 Å². The van der Waals surface area contributed by atoms with Gasteiger partial charge in [-0.15, -0.1) is 10.2 Å². The van der Waals surface area contributed by atoms with Crippen molar-refractivity contribution in [3.8, 4) is 0 Å². The van der Waals surface area contributed by atoms with Crippen LogP contribution in [-0.4, -0.2) is 45.1 Å². The Morgan fingerprint density at radius 1 is 1.24 bits per heavy atom. The first-order valence-corrected chi connectivity index (χ1v) is 10.4. The number of pyridine rings is 1. The van der Waals surface area contributed by atoms with Gasteiger partial charge in [-0.2, -0.15) is 4.31 Å². The van der Waals surface area contributed by atoms with E-state index in [-0.39, 0.29) is 10.9 Å². The molecule has 8 heteroatoms. The van der Waals surface area contributed by atoms with Gasteiger partial charge in [0.2, 0.25) is 10.0 Å². The zero-order chi connectivity index (χ0) is 17.3. The fraction of sp³-hybridized carbons (Fsp3) is 0.588. The van der Waals surface area contributed by atoms with E-state index >= 15 is 0 Å². The van der Waals surface area contributed by atoms with Crippen molar-refractivity contribution in [2.75, 3.05) is 6.54 Å². The highest BCUT2D eigenvalue weighted by molar-refractivity contribution is 7.89. The molecule has 2 fully saturated rings. The second kappa shape index (κ2) is 6.84. The van der Waals surface area contributed by atoms with Crippen molar-refractivity contribution in [3.63, 3.8) is 0 Å². The minimum atomic E-state index is -3.47. The molecule has 4 rings (SSSR count). The summed E-state index contributed by atoms with van der Waals surface area (Å²) in [5.74, 6) is 1.74. The van der Waals surface area contributed by atoms with Crippen molar-refractivity contribution >= 4 is 10.0 Å². The molecule has 2 aromatic heterocycles. The Kier molecular flexibility index (Phi) is 4.56. The third kappa shape index (κ3) is 3.59. The molecular formula is C17H23N5O2S. The SMILES string of the molecule is O=S(=O)(c1cccnc1)N1CCCC1CCc1nncn1CC1CC1. The lowest BCUT2D eigenvalue weighted by atomic mass is 10.1. The molecule has 1 unspecified atom stereocenters. The Labute approximate surface area is 148 Å². The molecule has 2 aliphatic rings. The Morgan fingerprint density at radius 2 is 2.12 bits per heavy atom. The molecule has 0 bridgehead atoms. The van der Waals surface area contributed by atoms with Gasteiger partial charge in [0.05, 0.1) is 0 Å². The lowest BCUT2D eigenvalue weighted by Crippen LogP contribution is -2.36. The van der Waals surface area contributed by atoms with E-state index < -0.39 is 10.0 Å². The molecule has 1 saturated heterocycles. The van der Waals surface area contributed by atoms with Gasteiger partial charge in [0.1, 0.15) is 17.0 Å². The van der Waals surface area contributed by atoms with Crippen LogP contribution in [0, 0.1) is 5.92 Å². The largest absolute Gasteiger partial charge is 0.317 e. The van der Waals surface area contributed by atoms with Crippen LogP contribution in [-0.2, 0) is 23.0 Å². The molecule has 0 aromatic carbocycles. The summed E-state index contributed by atoms with van der Waals surface area (Å²) in [6.07, 6.45) is 10.7. The van der Waals surface area contributed by atoms with Crippen LogP contribution >= 0.6 is 0 Å². The normalized spacial score (nSPS) is 21.7. The highest BCUT2D eigenvalue weighted by Crippen LogP contribution is 2.31. The maximum atomic E-state index is 12.9. The average Bonchev–Trinajstić information content (AvgIpc) is 3.12. The second-order valence-corrected chi connectivity index (χ2v) is 8.87. The van der Waals surface area contributed by atoms with E-state index in [1.807, 2.05) is 0 Å². The average molecular weight is 361 g/mol. The second-order valence-electron chi connectivity index (χ2n) is 6.98. The summed E-state index contributed by atoms with van der Waals surface area (Å²) < 4.78 is 29.5. The molecule has 1 saturated carbocycles. The lowest BCUT2D eigenvalue weighted by molar-refractivity contribution is 0.366. The first-order chi connectivity index (χ1) is 12.1. The fourth-order valence-electron chi connectivity index (χ4n) is 3.55. The van der Waals surface area contributed by atoms with E-state index in [0.29, 0.717) is 6.54 Å². The predicted molar refractivity (Wildman–Crippen MR) is 92.2 cm³/mol. The van der Waals surface area contributed by atoms with Crippen LogP contribution < -0.4 is 0 Å². The summed E-state index contributed by atoms with van der Waals surface area (Å²) in [7, 11) is -3.47. The molecule has 0 radical (unpaired) electrons. The number of hydrogen-bond acceptors (Lipinski definition) is 5. The molecule has 1 atom stereocenters. The van der Waals surface area contributed by atoms with E-state index in [1.54, 1.807) is 29.0 Å². The van der Waals surface area contributed by atoms with Crippen molar-refractivity contribution in [2.45, 2.75) is 56.0 Å². The van der Waals surface area contributed by atoms with Gasteiger partial charge in [-0.1, -0.05) is 0 Å². The molecule has 1 aliphatic carbocycles. The molecule has 7 nitrogen and oxygen atoms in total. The van der Waals surface area contributed by atoms with E-state index in [9.17, 15) is 8.42 Å². The first kappa shape index (κ1) is 16.7. The van der Waals surface area contributed by atoms with E-state index in [2.05, 4.69) is 19.7 Å². The lowest BCUT2D eigenvalue weighted by Gasteiger charge is -2.23. The van der Waals surface area contributed by atoms with Crippen LogP contribution in [0.4, 0.5) is 0 Å². The zero-order valence-corrected chi connectivity index (χ0v) is 15.0. The maximum Gasteiger partial charge on any atom is 0.244 e. The van der Waals surface area contributed by atoms with Crippen molar-refractivity contribution in [1.82, 2.24) is 24.1 Å². The van der Waals surface area contributed by atoms with Gasteiger partial charge in [0.15, 0.2) is 0 Å². The Morgan fingerprint density at radius 3 is 2.88 bits per heavy atom. The number of aryl methyl sites for hydroxylation is 1. The summed E-state index contributed by atoms with van der Waals surface area (Å²) >= 11 is 0. The van der Waals surface area contributed by atoms with Gasteiger partial charge in [-0.25, -0.2) is 8.42 Å². The van der Waals surface area contributed by atoms with Crippen LogP contribution in [0.15, 0.2) is 35.7 Å². The molecule has 3 heterocycles. The Balaban J connectivity index is 1.44. The maximum absolute atomic E-state index is 12.9. The summed E-state index contributed by atoms with van der Waals surface area (Å²) in [6, 6.07) is 3.30. The van der Waals surface area contributed by atoms with Crippen molar-refractivity contribution in [1.29, 1.82) is 0 Å². The predicted octanol–water partition coefficient (Wildman–Crippen LogP) is 1.87. The number of aromatic nitrogens is 4. The summed E-state index contributed by atoms with van der Waals surface area (Å²) in [5, 5.41) is 8.27. The van der Waals surface area contributed by atoms with E-state index in [0.717, 1.165) is 44.0 Å². The van der Waals surface area contributed by atoms with Crippen LogP contribution in [0.5, 0.6) is 0 Å². The molecule has 0 N–H and O–H groups in total. The van der Waals surface area contributed by atoms with Gasteiger partial charge >= 0.3 is 0 Å². The Hall–Kier alpha value is -1.80. The van der Waals surface area contributed by atoms with Crippen molar-refractivity contribution in [3.05, 3.63) is 36.7 Å². The van der Waals surface area contributed by atoms with Crippen LogP contribution in [0.1, 0.15) is 37.9 Å². The number of hydrogen-bond donors (Lipinski definition) is 0. The first-order valence-electron chi connectivity index (χ1n) is 8.93. The number of rotatable bonds is 7. The Bertz CT molecular complexity index is 817. The van der Waals surface area contributed by atoms with Gasteiger partial charge in [0.25, 0.3) is 0 Å². The number of nitrogens with zero attached hydrogens (tertiary/aromatic N) is 5. The quantitative estimate of drug-likeness (QED) is 0.752. The highest BCUT2D eigenvalue weighted by atomic mass is 32.2. The minimum absolute atomic E-state index is 0.0243. The standard InChI is InChI=1S/C17H23N5O2S/c23-25(24,16-4-1-9-18-11-16)22-10-2-3-15(22)7-8-17-20-19-13-21(17)12-14-5-6-14/h1,4,9,11,13-15H,2-3,5-8,10,12H2. The van der Waals surface area contributed by atoms with Crippen molar-refractivity contribution in [2.24, 2.45) is 5.92 Å². The van der Waals surface area contributed by atoms with Gasteiger partial charge < -0.3 is 4.57 Å².